The van der Waals surface area contributed by atoms with E-state index in [1.54, 1.807) is 41.8 Å². The van der Waals surface area contributed by atoms with Crippen molar-refractivity contribution >= 4 is 34.4 Å². The summed E-state index contributed by atoms with van der Waals surface area (Å²) in [5.41, 5.74) is 3.67. The van der Waals surface area contributed by atoms with E-state index in [9.17, 15) is 18.0 Å². The van der Waals surface area contributed by atoms with E-state index in [1.807, 2.05) is 24.8 Å². The van der Waals surface area contributed by atoms with Gasteiger partial charge in [0.05, 0.1) is 28.3 Å². The number of piperazine rings is 1. The number of carbonyl (C=O) groups excluding carboxylic acids is 1. The van der Waals surface area contributed by atoms with Gasteiger partial charge in [-0.25, -0.2) is 14.4 Å². The maximum absolute atomic E-state index is 15.4. The third kappa shape index (κ3) is 6.46. The number of anilines is 2. The van der Waals surface area contributed by atoms with Crippen LogP contribution in [0.2, 0.25) is 5.02 Å². The predicted octanol–water partition coefficient (Wildman–Crippen LogP) is 6.69. The molecule has 4 aromatic rings. The van der Waals surface area contributed by atoms with E-state index in [2.05, 4.69) is 14.9 Å². The van der Waals surface area contributed by atoms with E-state index in [1.165, 1.54) is 18.3 Å². The fourth-order valence-corrected chi connectivity index (χ4v) is 5.55. The number of hydrogen-bond acceptors (Lipinski definition) is 6. The number of hydrogen-bond donors (Lipinski definition) is 0. The lowest BCUT2D eigenvalue weighted by molar-refractivity contribution is -0.154. The van der Waals surface area contributed by atoms with E-state index in [-0.39, 0.29) is 36.0 Å². The lowest BCUT2D eigenvalue weighted by atomic mass is 10.0. The average Bonchev–Trinajstić information content (AvgIpc) is 3.26. The zero-order valence-corrected chi connectivity index (χ0v) is 24.1. The molecule has 1 aliphatic heterocycles. The molecule has 1 aromatic carbocycles. The number of fused-ring (bicyclic) bond motifs is 1. The molecule has 1 aliphatic rings. The number of Topliss-reactive ketones (excluding diaryl/α,β-unsaturated/α-hetero) is 1. The topological polar surface area (TPSA) is 63.0 Å². The molecule has 0 saturated carbocycles. The zero-order valence-electron chi connectivity index (χ0n) is 23.3. The molecule has 4 heterocycles. The molecule has 0 amide bonds. The summed E-state index contributed by atoms with van der Waals surface area (Å²) in [5.74, 6) is -0.560. The van der Waals surface area contributed by atoms with Crippen molar-refractivity contribution in [3.8, 4) is 5.88 Å². The second-order valence-electron chi connectivity index (χ2n) is 10.6. The van der Waals surface area contributed by atoms with Crippen LogP contribution in [0.4, 0.5) is 28.9 Å². The van der Waals surface area contributed by atoms with Gasteiger partial charge in [-0.2, -0.15) is 13.2 Å². The molecule has 1 fully saturated rings. The Labute approximate surface area is 245 Å². The van der Waals surface area contributed by atoms with Crippen molar-refractivity contribution in [1.29, 1.82) is 0 Å². The fourth-order valence-electron chi connectivity index (χ4n) is 5.39. The maximum Gasteiger partial charge on any atom is 0.422 e. The van der Waals surface area contributed by atoms with E-state index in [4.69, 9.17) is 16.3 Å². The number of aryl methyl sites for hydroxylation is 2. The van der Waals surface area contributed by atoms with E-state index in [0.717, 1.165) is 5.69 Å². The van der Waals surface area contributed by atoms with Gasteiger partial charge >= 0.3 is 6.18 Å². The molecule has 0 spiro atoms. The number of alkyl halides is 3. The normalized spacial score (nSPS) is 17.6. The molecule has 222 valence electrons. The van der Waals surface area contributed by atoms with Crippen molar-refractivity contribution in [2.24, 2.45) is 0 Å². The molecule has 7 nitrogen and oxygen atoms in total. The second kappa shape index (κ2) is 11.8. The Bertz CT molecular complexity index is 1590. The fraction of sp³-hybridized carbons (Fsp3) is 0.367. The Morgan fingerprint density at radius 3 is 2.50 bits per heavy atom. The number of halogens is 5. The lowest BCUT2D eigenvalue weighted by Crippen LogP contribution is -2.57. The van der Waals surface area contributed by atoms with Gasteiger partial charge in [0.15, 0.2) is 12.4 Å². The second-order valence-corrected chi connectivity index (χ2v) is 11.0. The van der Waals surface area contributed by atoms with E-state index in [0.29, 0.717) is 52.8 Å². The smallest absolute Gasteiger partial charge is 0.422 e. The van der Waals surface area contributed by atoms with Crippen LogP contribution in [-0.2, 0) is 6.42 Å². The number of aromatic nitrogens is 3. The van der Waals surface area contributed by atoms with Gasteiger partial charge in [0, 0.05) is 43.9 Å². The molecule has 42 heavy (non-hydrogen) atoms. The van der Waals surface area contributed by atoms with Gasteiger partial charge in [-0.3, -0.25) is 9.20 Å². The van der Waals surface area contributed by atoms with Crippen LogP contribution < -0.4 is 14.5 Å². The summed E-state index contributed by atoms with van der Waals surface area (Å²) in [7, 11) is 0. The number of ketones is 1. The first-order chi connectivity index (χ1) is 19.9. The number of imidazole rings is 1. The molecule has 5 rings (SSSR count). The first-order valence-corrected chi connectivity index (χ1v) is 13.9. The Balaban J connectivity index is 1.22. The average molecular weight is 604 g/mol. The Morgan fingerprint density at radius 2 is 1.81 bits per heavy atom. The summed E-state index contributed by atoms with van der Waals surface area (Å²) in [6.45, 7) is 5.46. The summed E-state index contributed by atoms with van der Waals surface area (Å²) >= 11 is 6.11. The molecule has 0 radical (unpaired) electrons. The Morgan fingerprint density at radius 1 is 1.07 bits per heavy atom. The minimum Gasteiger partial charge on any atom is -0.468 e. The number of benzene rings is 1. The van der Waals surface area contributed by atoms with Gasteiger partial charge in [-0.15, -0.1) is 0 Å². The van der Waals surface area contributed by atoms with Crippen LogP contribution in [0.3, 0.4) is 0 Å². The highest BCUT2D eigenvalue weighted by Gasteiger charge is 2.32. The number of ether oxygens (including phenoxy) is 1. The van der Waals surface area contributed by atoms with Crippen molar-refractivity contribution < 1.29 is 27.1 Å². The van der Waals surface area contributed by atoms with Crippen LogP contribution in [0.15, 0.2) is 54.9 Å². The van der Waals surface area contributed by atoms with Gasteiger partial charge in [0.2, 0.25) is 5.88 Å². The van der Waals surface area contributed by atoms with Gasteiger partial charge in [-0.05, 0) is 63.1 Å². The van der Waals surface area contributed by atoms with Crippen molar-refractivity contribution in [3.63, 3.8) is 0 Å². The quantitative estimate of drug-likeness (QED) is 0.165. The van der Waals surface area contributed by atoms with E-state index < -0.39 is 12.8 Å². The summed E-state index contributed by atoms with van der Waals surface area (Å²) in [6, 6.07) is 11.6. The largest absolute Gasteiger partial charge is 0.468 e. The highest BCUT2D eigenvalue weighted by atomic mass is 35.5. The third-order valence-corrected chi connectivity index (χ3v) is 7.63. The highest BCUT2D eigenvalue weighted by Crippen LogP contribution is 2.30. The molecule has 0 unspecified atom stereocenters. The van der Waals surface area contributed by atoms with Crippen molar-refractivity contribution in [3.05, 3.63) is 82.6 Å². The van der Waals surface area contributed by atoms with Crippen LogP contribution in [0.1, 0.15) is 42.0 Å². The zero-order chi connectivity index (χ0) is 30.2. The van der Waals surface area contributed by atoms with E-state index >= 15 is 4.39 Å². The molecule has 1 saturated heterocycles. The van der Waals surface area contributed by atoms with Gasteiger partial charge < -0.3 is 14.5 Å². The molecule has 12 heteroatoms. The summed E-state index contributed by atoms with van der Waals surface area (Å²) < 4.78 is 59.0. The summed E-state index contributed by atoms with van der Waals surface area (Å²) in [5, 5.41) is 0.500. The van der Waals surface area contributed by atoms with Crippen LogP contribution in [0.25, 0.3) is 5.65 Å². The summed E-state index contributed by atoms with van der Waals surface area (Å²) in [4.78, 5) is 25.6. The Kier molecular flexibility index (Phi) is 8.32. The first-order valence-electron chi connectivity index (χ1n) is 13.5. The third-order valence-electron chi connectivity index (χ3n) is 7.41. The number of carbonyl (C=O) groups is 1. The molecule has 2 atom stereocenters. The molecule has 0 bridgehead atoms. The van der Waals surface area contributed by atoms with Crippen molar-refractivity contribution in [2.75, 3.05) is 29.5 Å². The lowest BCUT2D eigenvalue weighted by Gasteiger charge is -2.46. The maximum atomic E-state index is 15.4. The molecule has 0 aliphatic carbocycles. The number of nitrogens with zero attached hydrogens (tertiary/aromatic N) is 5. The molecule has 0 N–H and O–H groups in total. The first kappa shape index (κ1) is 29.6. The van der Waals surface area contributed by atoms with Crippen LogP contribution in [0.5, 0.6) is 5.88 Å². The molecule has 3 aromatic heterocycles. The predicted molar refractivity (Wildman–Crippen MR) is 153 cm³/mol. The van der Waals surface area contributed by atoms with Crippen LogP contribution in [-0.4, -0.2) is 58.1 Å². The monoisotopic (exact) mass is 603 g/mol. The van der Waals surface area contributed by atoms with Crippen LogP contribution in [0, 0.1) is 12.7 Å². The van der Waals surface area contributed by atoms with Gasteiger partial charge in [-0.1, -0.05) is 17.7 Å². The Hall–Kier alpha value is -3.86. The molecular formula is C30H30ClF4N5O2. The standard InChI is InChI=1S/C30H30ClF4N5O2/c1-18-15-39(19(2)14-38(18)23-7-11-28(36-13-23)42-17-30(33,34)35)25-8-4-21(12-24(25)32)5-9-26(41)29-20(3)37-27-10-6-22(31)16-40(27)29/h4,6-8,10-13,16,18-19H,5,9,14-15,17H2,1-3H3/t18-,19+/m0/s1. The number of rotatable bonds is 8. The van der Waals surface area contributed by atoms with Gasteiger partial charge in [0.1, 0.15) is 17.2 Å². The SMILES string of the molecule is Cc1nc2ccc(Cl)cn2c1C(=O)CCc1ccc(N2C[C@H](C)N(c3ccc(OCC(F)(F)F)nc3)C[C@H]2C)c(F)c1. The minimum absolute atomic E-state index is 0.0242. The number of pyridine rings is 2. The summed E-state index contributed by atoms with van der Waals surface area (Å²) in [6.07, 6.45) is -0.710. The van der Waals surface area contributed by atoms with Crippen molar-refractivity contribution in [1.82, 2.24) is 14.4 Å². The highest BCUT2D eigenvalue weighted by molar-refractivity contribution is 6.30. The minimum atomic E-state index is -4.43. The van der Waals surface area contributed by atoms with Gasteiger partial charge in [0.25, 0.3) is 0 Å². The van der Waals surface area contributed by atoms with Crippen LogP contribution >= 0.6 is 11.6 Å². The van der Waals surface area contributed by atoms with Crippen molar-refractivity contribution in [2.45, 2.75) is 51.9 Å². The molecular weight excluding hydrogens is 574 g/mol.